The molecule has 0 spiro atoms. The molecule has 0 aromatic heterocycles. The van der Waals surface area contributed by atoms with Crippen LogP contribution in [-0.2, 0) is 16.1 Å². The fraction of sp³-hybridized carbons (Fsp3) is 0.429. The van der Waals surface area contributed by atoms with Gasteiger partial charge in [0.2, 0.25) is 5.91 Å². The van der Waals surface area contributed by atoms with Gasteiger partial charge in [0.25, 0.3) is 0 Å². The Bertz CT molecular complexity index is 470. The molecule has 0 bridgehead atoms. The quantitative estimate of drug-likeness (QED) is 0.888. The number of likely N-dealkylation sites (tertiary alicyclic amines) is 1. The highest BCUT2D eigenvalue weighted by atomic mass is 16.4. The minimum atomic E-state index is -0.907. The highest BCUT2D eigenvalue weighted by Crippen LogP contribution is 2.21. The summed E-state index contributed by atoms with van der Waals surface area (Å²) < 4.78 is 0. The summed E-state index contributed by atoms with van der Waals surface area (Å²) in [6.07, 6.45) is 1.67. The Balaban J connectivity index is 2.18. The van der Waals surface area contributed by atoms with Gasteiger partial charge in [0.1, 0.15) is 6.04 Å². The summed E-state index contributed by atoms with van der Waals surface area (Å²) in [5.41, 5.74) is 2.10. The van der Waals surface area contributed by atoms with Crippen LogP contribution >= 0.6 is 0 Å². The summed E-state index contributed by atoms with van der Waals surface area (Å²) in [4.78, 5) is 24.5. The molecule has 0 aliphatic carbocycles. The molecule has 1 aromatic carbocycles. The lowest BCUT2D eigenvalue weighted by molar-refractivity contribution is -0.153. The molecule has 0 radical (unpaired) electrons. The maximum atomic E-state index is 11.9. The number of piperidine rings is 1. The van der Waals surface area contributed by atoms with Crippen LogP contribution in [0.15, 0.2) is 24.3 Å². The zero-order valence-electron chi connectivity index (χ0n) is 10.4. The molecule has 1 N–H and O–H groups in total. The van der Waals surface area contributed by atoms with Crippen molar-refractivity contribution in [3.8, 4) is 0 Å². The predicted octanol–water partition coefficient (Wildman–Crippen LogP) is 1.96. The Kier molecular flexibility index (Phi) is 3.65. The largest absolute Gasteiger partial charge is 0.480 e. The number of aliphatic carboxylic acids is 1. The number of carbonyl (C=O) groups is 2. The van der Waals surface area contributed by atoms with Crippen LogP contribution in [0.4, 0.5) is 0 Å². The van der Waals surface area contributed by atoms with Crippen molar-refractivity contribution in [2.45, 2.75) is 38.8 Å². The van der Waals surface area contributed by atoms with Crippen molar-refractivity contribution in [3.05, 3.63) is 35.4 Å². The fourth-order valence-corrected chi connectivity index (χ4v) is 2.38. The third kappa shape index (κ3) is 2.70. The molecule has 1 atom stereocenters. The van der Waals surface area contributed by atoms with Crippen molar-refractivity contribution in [3.63, 3.8) is 0 Å². The molecular formula is C14H17NO3. The fourth-order valence-electron chi connectivity index (χ4n) is 2.38. The first-order valence-electron chi connectivity index (χ1n) is 6.16. The number of carboxylic acids is 1. The number of nitrogens with zero attached hydrogens (tertiary/aromatic N) is 1. The lowest BCUT2D eigenvalue weighted by atomic mass is 10.0. The average Bonchev–Trinajstić information content (AvgIpc) is 2.31. The molecule has 1 unspecified atom stereocenters. The molecular weight excluding hydrogens is 230 g/mol. The molecule has 1 aliphatic heterocycles. The summed E-state index contributed by atoms with van der Waals surface area (Å²) in [6.45, 7) is 2.37. The third-order valence-electron chi connectivity index (χ3n) is 3.29. The van der Waals surface area contributed by atoms with Gasteiger partial charge in [0.05, 0.1) is 0 Å². The zero-order chi connectivity index (χ0) is 13.1. The minimum Gasteiger partial charge on any atom is -0.480 e. The third-order valence-corrected chi connectivity index (χ3v) is 3.29. The van der Waals surface area contributed by atoms with E-state index in [1.807, 2.05) is 31.2 Å². The van der Waals surface area contributed by atoms with Gasteiger partial charge in [-0.25, -0.2) is 4.79 Å². The van der Waals surface area contributed by atoms with Crippen molar-refractivity contribution in [2.24, 2.45) is 0 Å². The molecule has 4 heteroatoms. The first-order chi connectivity index (χ1) is 8.58. The number of carboxylic acid groups (broad SMARTS) is 1. The van der Waals surface area contributed by atoms with E-state index in [1.54, 1.807) is 0 Å². The molecule has 1 saturated heterocycles. The number of carbonyl (C=O) groups excluding carboxylic acids is 1. The molecule has 1 aliphatic rings. The van der Waals surface area contributed by atoms with E-state index in [4.69, 9.17) is 5.11 Å². The van der Waals surface area contributed by atoms with E-state index >= 15 is 0 Å². The molecule has 1 aromatic rings. The van der Waals surface area contributed by atoms with Crippen LogP contribution in [0.2, 0.25) is 0 Å². The van der Waals surface area contributed by atoms with E-state index in [-0.39, 0.29) is 5.91 Å². The molecule has 4 nitrogen and oxygen atoms in total. The van der Waals surface area contributed by atoms with Crippen LogP contribution in [0.1, 0.15) is 30.4 Å². The molecule has 96 valence electrons. The number of amides is 1. The van der Waals surface area contributed by atoms with Gasteiger partial charge in [-0.1, -0.05) is 29.8 Å². The second-order valence-electron chi connectivity index (χ2n) is 4.76. The van der Waals surface area contributed by atoms with Gasteiger partial charge in [-0.2, -0.15) is 0 Å². The van der Waals surface area contributed by atoms with Gasteiger partial charge in [-0.3, -0.25) is 4.79 Å². The number of aryl methyl sites for hydroxylation is 1. The SMILES string of the molecule is Cc1cccc(CN2C(=O)CCCC2C(=O)O)c1. The minimum absolute atomic E-state index is 0.0600. The van der Waals surface area contributed by atoms with Gasteiger partial charge >= 0.3 is 5.97 Å². The zero-order valence-corrected chi connectivity index (χ0v) is 10.4. The molecule has 1 amide bonds. The topological polar surface area (TPSA) is 57.6 Å². The van der Waals surface area contributed by atoms with E-state index in [0.717, 1.165) is 11.1 Å². The van der Waals surface area contributed by atoms with Gasteiger partial charge < -0.3 is 10.0 Å². The lowest BCUT2D eigenvalue weighted by Gasteiger charge is -2.33. The summed E-state index contributed by atoms with van der Waals surface area (Å²) >= 11 is 0. The van der Waals surface area contributed by atoms with Gasteiger partial charge in [-0.15, -0.1) is 0 Å². The van der Waals surface area contributed by atoms with Gasteiger partial charge in [0.15, 0.2) is 0 Å². The molecule has 0 saturated carbocycles. The van der Waals surface area contributed by atoms with Crippen molar-refractivity contribution in [1.29, 1.82) is 0 Å². The van der Waals surface area contributed by atoms with E-state index in [9.17, 15) is 9.59 Å². The average molecular weight is 247 g/mol. The maximum Gasteiger partial charge on any atom is 0.326 e. The van der Waals surface area contributed by atoms with E-state index in [1.165, 1.54) is 4.90 Å². The Morgan fingerprint density at radius 1 is 1.50 bits per heavy atom. The van der Waals surface area contributed by atoms with Crippen LogP contribution in [0.3, 0.4) is 0 Å². The Morgan fingerprint density at radius 3 is 2.94 bits per heavy atom. The van der Waals surface area contributed by atoms with E-state index in [2.05, 4.69) is 0 Å². The highest BCUT2D eigenvalue weighted by molar-refractivity contribution is 5.84. The van der Waals surface area contributed by atoms with Crippen LogP contribution in [0, 0.1) is 6.92 Å². The van der Waals surface area contributed by atoms with Crippen molar-refractivity contribution < 1.29 is 14.7 Å². The van der Waals surface area contributed by atoms with Gasteiger partial charge in [-0.05, 0) is 25.3 Å². The van der Waals surface area contributed by atoms with Gasteiger partial charge in [0, 0.05) is 13.0 Å². The Morgan fingerprint density at radius 2 is 2.28 bits per heavy atom. The molecule has 18 heavy (non-hydrogen) atoms. The number of hydrogen-bond acceptors (Lipinski definition) is 2. The second-order valence-corrected chi connectivity index (χ2v) is 4.76. The van der Waals surface area contributed by atoms with Crippen LogP contribution < -0.4 is 0 Å². The van der Waals surface area contributed by atoms with E-state index in [0.29, 0.717) is 25.8 Å². The van der Waals surface area contributed by atoms with Crippen molar-refractivity contribution in [1.82, 2.24) is 4.90 Å². The first-order valence-corrected chi connectivity index (χ1v) is 6.16. The maximum absolute atomic E-state index is 11.9. The Labute approximate surface area is 106 Å². The number of benzene rings is 1. The molecule has 1 fully saturated rings. The van der Waals surface area contributed by atoms with E-state index < -0.39 is 12.0 Å². The monoisotopic (exact) mass is 247 g/mol. The smallest absolute Gasteiger partial charge is 0.326 e. The van der Waals surface area contributed by atoms with Crippen LogP contribution in [0.25, 0.3) is 0 Å². The number of rotatable bonds is 3. The highest BCUT2D eigenvalue weighted by Gasteiger charge is 2.32. The van der Waals surface area contributed by atoms with Crippen molar-refractivity contribution >= 4 is 11.9 Å². The molecule has 2 rings (SSSR count). The lowest BCUT2D eigenvalue weighted by Crippen LogP contribution is -2.47. The standard InChI is InChI=1S/C14H17NO3/c1-10-4-2-5-11(8-10)9-15-12(14(17)18)6-3-7-13(15)16/h2,4-5,8,12H,3,6-7,9H2,1H3,(H,17,18). The Hall–Kier alpha value is -1.84. The summed E-state index contributed by atoms with van der Waals surface area (Å²) in [6, 6.07) is 7.14. The van der Waals surface area contributed by atoms with Crippen LogP contribution in [0.5, 0.6) is 0 Å². The van der Waals surface area contributed by atoms with Crippen molar-refractivity contribution in [2.75, 3.05) is 0 Å². The van der Waals surface area contributed by atoms with Crippen LogP contribution in [-0.4, -0.2) is 27.9 Å². The summed E-state index contributed by atoms with van der Waals surface area (Å²) in [5, 5.41) is 9.17. The molecule has 1 heterocycles. The second kappa shape index (κ2) is 5.21. The summed E-state index contributed by atoms with van der Waals surface area (Å²) in [5.74, 6) is -0.967. The summed E-state index contributed by atoms with van der Waals surface area (Å²) in [7, 11) is 0. The number of hydrogen-bond donors (Lipinski definition) is 1. The predicted molar refractivity (Wildman–Crippen MR) is 67.0 cm³/mol. The normalized spacial score (nSPS) is 19.9. The first kappa shape index (κ1) is 12.6.